The van der Waals surface area contributed by atoms with Gasteiger partial charge in [-0.15, -0.1) is 0 Å². The van der Waals surface area contributed by atoms with Crippen LogP contribution in [0.4, 0.5) is 5.82 Å². The highest BCUT2D eigenvalue weighted by Crippen LogP contribution is 2.47. The van der Waals surface area contributed by atoms with E-state index in [1.807, 2.05) is 24.4 Å². The van der Waals surface area contributed by atoms with E-state index in [0.717, 1.165) is 40.9 Å². The topological polar surface area (TPSA) is 136 Å². The van der Waals surface area contributed by atoms with Crippen LogP contribution in [0.15, 0.2) is 30.5 Å². The Morgan fingerprint density at radius 3 is 2.85 bits per heavy atom. The Morgan fingerprint density at radius 1 is 1.41 bits per heavy atom. The molecular formula is C19H21N7O. The molecule has 3 aromatic rings. The lowest BCUT2D eigenvalue weighted by molar-refractivity contribution is -0.126. The van der Waals surface area contributed by atoms with E-state index in [1.54, 1.807) is 11.7 Å². The van der Waals surface area contributed by atoms with Gasteiger partial charge in [-0.05, 0) is 36.6 Å². The monoisotopic (exact) mass is 363 g/mol. The van der Waals surface area contributed by atoms with E-state index in [-0.39, 0.29) is 11.3 Å². The first-order valence-corrected chi connectivity index (χ1v) is 8.72. The summed E-state index contributed by atoms with van der Waals surface area (Å²) in [6.45, 7) is 0.523. The minimum absolute atomic E-state index is 0.0520. The zero-order valence-corrected chi connectivity index (χ0v) is 15.0. The van der Waals surface area contributed by atoms with Gasteiger partial charge in [-0.25, -0.2) is 4.98 Å². The number of hydrogen-bond acceptors (Lipinski definition) is 6. The molecule has 6 N–H and O–H groups in total. The maximum atomic E-state index is 12.1. The van der Waals surface area contributed by atoms with Gasteiger partial charge in [-0.3, -0.25) is 9.48 Å². The van der Waals surface area contributed by atoms with E-state index in [2.05, 4.69) is 15.4 Å². The predicted octanol–water partition coefficient (Wildman–Crippen LogP) is 1.64. The number of benzene rings is 1. The van der Waals surface area contributed by atoms with Crippen LogP contribution < -0.4 is 16.8 Å². The van der Waals surface area contributed by atoms with Crippen LogP contribution in [0.3, 0.4) is 0 Å². The standard InChI is InChI=1S/C19H21N7O/c1-23-18(27)19(5-6-19)10-26-9-13-16(25-26)12-3-2-11(14(21)4-7-20)8-15(12)24-17(13)22/h2-4,7-9,20H,5-6,10,21H2,1H3,(H2,22,24)(H,23,27)/b14-4-,20-7?. The van der Waals surface area contributed by atoms with Crippen LogP contribution in [0.25, 0.3) is 27.5 Å². The largest absolute Gasteiger partial charge is 0.398 e. The number of amides is 1. The van der Waals surface area contributed by atoms with Gasteiger partial charge in [0.05, 0.1) is 22.9 Å². The smallest absolute Gasteiger partial charge is 0.227 e. The summed E-state index contributed by atoms with van der Waals surface area (Å²) in [5.41, 5.74) is 14.5. The van der Waals surface area contributed by atoms with Crippen LogP contribution in [0.2, 0.25) is 0 Å². The molecule has 138 valence electrons. The molecule has 0 saturated heterocycles. The lowest BCUT2D eigenvalue weighted by atomic mass is 10.1. The van der Waals surface area contributed by atoms with Crippen molar-refractivity contribution in [3.05, 3.63) is 36.0 Å². The summed E-state index contributed by atoms with van der Waals surface area (Å²) in [7, 11) is 1.66. The second-order valence-corrected chi connectivity index (χ2v) is 6.97. The lowest BCUT2D eigenvalue weighted by Crippen LogP contribution is -2.32. The molecule has 8 nitrogen and oxygen atoms in total. The Hall–Kier alpha value is -3.42. The van der Waals surface area contributed by atoms with E-state index in [0.29, 0.717) is 23.6 Å². The third-order valence-corrected chi connectivity index (χ3v) is 5.15. The van der Waals surface area contributed by atoms with Crippen molar-refractivity contribution >= 4 is 45.4 Å². The number of nitrogen functional groups attached to an aromatic ring is 1. The Morgan fingerprint density at radius 2 is 2.19 bits per heavy atom. The average Bonchev–Trinajstić information content (AvgIpc) is 3.31. The normalized spacial score (nSPS) is 15.8. The molecule has 27 heavy (non-hydrogen) atoms. The number of aromatic nitrogens is 3. The molecule has 0 unspecified atom stereocenters. The number of allylic oxidation sites excluding steroid dienone is 1. The van der Waals surface area contributed by atoms with Gasteiger partial charge >= 0.3 is 0 Å². The van der Waals surface area contributed by atoms with Gasteiger partial charge < -0.3 is 22.2 Å². The summed E-state index contributed by atoms with van der Waals surface area (Å²) in [5, 5.41) is 16.2. The van der Waals surface area contributed by atoms with E-state index in [9.17, 15) is 4.79 Å². The second-order valence-electron chi connectivity index (χ2n) is 6.97. The van der Waals surface area contributed by atoms with E-state index >= 15 is 0 Å². The zero-order valence-electron chi connectivity index (χ0n) is 15.0. The van der Waals surface area contributed by atoms with Crippen LogP contribution in [0.1, 0.15) is 18.4 Å². The number of anilines is 1. The molecule has 1 amide bonds. The van der Waals surface area contributed by atoms with Crippen LogP contribution in [0, 0.1) is 10.8 Å². The average molecular weight is 363 g/mol. The third-order valence-electron chi connectivity index (χ3n) is 5.15. The summed E-state index contributed by atoms with van der Waals surface area (Å²) in [5.74, 6) is 0.441. The fourth-order valence-electron chi connectivity index (χ4n) is 3.45. The highest BCUT2D eigenvalue weighted by molar-refractivity contribution is 6.08. The molecule has 2 aromatic heterocycles. The van der Waals surface area contributed by atoms with Crippen LogP contribution in [0.5, 0.6) is 0 Å². The molecule has 1 aromatic carbocycles. The maximum Gasteiger partial charge on any atom is 0.227 e. The maximum absolute atomic E-state index is 12.1. The fourth-order valence-corrected chi connectivity index (χ4v) is 3.45. The van der Waals surface area contributed by atoms with Gasteiger partial charge in [0.15, 0.2) is 0 Å². The minimum atomic E-state index is -0.367. The second kappa shape index (κ2) is 6.08. The van der Waals surface area contributed by atoms with Crippen molar-refractivity contribution in [3.8, 4) is 0 Å². The summed E-state index contributed by atoms with van der Waals surface area (Å²) in [6.07, 6.45) is 6.24. The van der Waals surface area contributed by atoms with E-state index < -0.39 is 0 Å². The third kappa shape index (κ3) is 2.79. The quantitative estimate of drug-likeness (QED) is 0.511. The number of nitrogens with one attached hydrogen (secondary N) is 2. The minimum Gasteiger partial charge on any atom is -0.398 e. The molecule has 8 heteroatoms. The highest BCUT2D eigenvalue weighted by Gasteiger charge is 2.49. The van der Waals surface area contributed by atoms with Crippen LogP contribution in [-0.4, -0.2) is 33.9 Å². The van der Waals surface area contributed by atoms with Gasteiger partial charge in [-0.2, -0.15) is 5.10 Å². The lowest BCUT2D eigenvalue weighted by Gasteiger charge is -2.12. The van der Waals surface area contributed by atoms with Crippen LogP contribution in [-0.2, 0) is 11.3 Å². The molecule has 1 saturated carbocycles. The van der Waals surface area contributed by atoms with Crippen molar-refractivity contribution in [2.24, 2.45) is 11.1 Å². The van der Waals surface area contributed by atoms with Gasteiger partial charge in [0.2, 0.25) is 5.91 Å². The van der Waals surface area contributed by atoms with Gasteiger partial charge in [0, 0.05) is 30.5 Å². The highest BCUT2D eigenvalue weighted by atomic mass is 16.2. The Balaban J connectivity index is 1.80. The van der Waals surface area contributed by atoms with Crippen molar-refractivity contribution in [3.63, 3.8) is 0 Å². The van der Waals surface area contributed by atoms with Crippen molar-refractivity contribution in [1.29, 1.82) is 5.41 Å². The number of rotatable bonds is 5. The number of nitrogens with two attached hydrogens (primary N) is 2. The van der Waals surface area contributed by atoms with E-state index in [4.69, 9.17) is 16.9 Å². The Bertz CT molecular complexity index is 1110. The number of fused-ring (bicyclic) bond motifs is 3. The molecule has 0 bridgehead atoms. The number of hydrogen-bond donors (Lipinski definition) is 4. The zero-order chi connectivity index (χ0) is 19.2. The Kier molecular flexibility index (Phi) is 3.83. The van der Waals surface area contributed by atoms with Gasteiger partial charge in [-0.1, -0.05) is 6.07 Å². The molecule has 2 heterocycles. The molecular weight excluding hydrogens is 342 g/mol. The number of nitrogens with zero attached hydrogens (tertiary/aromatic N) is 3. The van der Waals surface area contributed by atoms with Gasteiger partial charge in [0.25, 0.3) is 0 Å². The summed E-state index contributed by atoms with van der Waals surface area (Å²) >= 11 is 0. The molecule has 1 aliphatic rings. The Labute approximate surface area is 155 Å². The molecule has 0 spiro atoms. The number of carbonyl (C=O) groups is 1. The summed E-state index contributed by atoms with van der Waals surface area (Å²) < 4.78 is 1.79. The number of carbonyl (C=O) groups excluding carboxylic acids is 1. The van der Waals surface area contributed by atoms with Gasteiger partial charge in [0.1, 0.15) is 11.3 Å². The van der Waals surface area contributed by atoms with Crippen molar-refractivity contribution < 1.29 is 4.79 Å². The predicted molar refractivity (Wildman–Crippen MR) is 106 cm³/mol. The summed E-state index contributed by atoms with van der Waals surface area (Å²) in [4.78, 5) is 16.6. The van der Waals surface area contributed by atoms with Crippen molar-refractivity contribution in [2.75, 3.05) is 12.8 Å². The SMILES string of the molecule is CNC(=O)C1(Cn2cc3c(N)nc4cc(/C(N)=C/C=N)ccc4c3n2)CC1. The first-order valence-electron chi connectivity index (χ1n) is 8.72. The van der Waals surface area contributed by atoms with Crippen molar-refractivity contribution in [1.82, 2.24) is 20.1 Å². The first-order chi connectivity index (χ1) is 13.0. The summed E-state index contributed by atoms with van der Waals surface area (Å²) in [6, 6.07) is 5.63. The molecule has 0 radical (unpaired) electrons. The molecule has 1 fully saturated rings. The molecule has 0 aliphatic heterocycles. The number of pyridine rings is 1. The molecule has 4 rings (SSSR count). The van der Waals surface area contributed by atoms with Crippen LogP contribution >= 0.6 is 0 Å². The van der Waals surface area contributed by atoms with E-state index in [1.165, 1.54) is 6.08 Å². The fraction of sp³-hybridized carbons (Fsp3) is 0.263. The molecule has 0 atom stereocenters. The van der Waals surface area contributed by atoms with Crippen molar-refractivity contribution in [2.45, 2.75) is 19.4 Å². The molecule has 1 aliphatic carbocycles. The first kappa shape index (κ1) is 17.0.